The minimum atomic E-state index is -3.83. The highest BCUT2D eigenvalue weighted by atomic mass is 79.9. The van der Waals surface area contributed by atoms with E-state index in [1.165, 1.54) is 6.07 Å². The van der Waals surface area contributed by atoms with Gasteiger partial charge in [-0.15, -0.1) is 0 Å². The third kappa shape index (κ3) is 5.64. The molecule has 1 aromatic carbocycles. The SMILES string of the molecule is CC(C)(C)NS(=O)(=O)/N=C/Cc1cc(Br)c(F)cc1F. The van der Waals surface area contributed by atoms with E-state index in [2.05, 4.69) is 25.0 Å². The van der Waals surface area contributed by atoms with Crippen LogP contribution in [0.15, 0.2) is 21.0 Å². The van der Waals surface area contributed by atoms with E-state index < -0.39 is 27.4 Å². The third-order valence-corrected chi connectivity index (χ3v) is 3.95. The van der Waals surface area contributed by atoms with Crippen molar-refractivity contribution in [3.05, 3.63) is 33.8 Å². The summed E-state index contributed by atoms with van der Waals surface area (Å²) in [5.41, 5.74) is -0.506. The van der Waals surface area contributed by atoms with Gasteiger partial charge in [-0.25, -0.2) is 8.78 Å². The summed E-state index contributed by atoms with van der Waals surface area (Å²) in [6.45, 7) is 5.03. The van der Waals surface area contributed by atoms with Gasteiger partial charge in [0.1, 0.15) is 11.6 Å². The summed E-state index contributed by atoms with van der Waals surface area (Å²) in [5.74, 6) is -1.47. The van der Waals surface area contributed by atoms with Crippen LogP contribution in [0.2, 0.25) is 0 Å². The van der Waals surface area contributed by atoms with Gasteiger partial charge in [0, 0.05) is 24.2 Å². The molecule has 0 aromatic heterocycles. The topological polar surface area (TPSA) is 58.5 Å². The first-order valence-electron chi connectivity index (χ1n) is 5.71. The van der Waals surface area contributed by atoms with Crippen molar-refractivity contribution in [1.29, 1.82) is 0 Å². The van der Waals surface area contributed by atoms with Gasteiger partial charge in [-0.3, -0.25) is 0 Å². The molecular weight excluding hydrogens is 354 g/mol. The van der Waals surface area contributed by atoms with Gasteiger partial charge in [0.25, 0.3) is 0 Å². The summed E-state index contributed by atoms with van der Waals surface area (Å²) >= 11 is 2.93. The zero-order valence-electron chi connectivity index (χ0n) is 11.2. The monoisotopic (exact) mass is 368 g/mol. The fourth-order valence-corrected chi connectivity index (χ4v) is 2.86. The van der Waals surface area contributed by atoms with Crippen LogP contribution < -0.4 is 4.72 Å². The zero-order chi connectivity index (χ0) is 15.6. The second-order valence-corrected chi connectivity index (χ2v) is 7.40. The molecule has 0 fully saturated rings. The minimum Gasteiger partial charge on any atom is -0.207 e. The largest absolute Gasteiger partial charge is 0.319 e. The van der Waals surface area contributed by atoms with Crippen LogP contribution in [-0.4, -0.2) is 20.2 Å². The van der Waals surface area contributed by atoms with Gasteiger partial charge in [0.2, 0.25) is 0 Å². The van der Waals surface area contributed by atoms with Crippen molar-refractivity contribution in [2.45, 2.75) is 32.7 Å². The first kappa shape index (κ1) is 17.2. The van der Waals surface area contributed by atoms with E-state index in [-0.39, 0.29) is 16.5 Å². The summed E-state index contributed by atoms with van der Waals surface area (Å²) in [7, 11) is -3.83. The van der Waals surface area contributed by atoms with E-state index in [1.807, 2.05) is 0 Å². The van der Waals surface area contributed by atoms with Gasteiger partial charge in [-0.1, -0.05) is 0 Å². The molecule has 0 aliphatic heterocycles. The van der Waals surface area contributed by atoms with E-state index >= 15 is 0 Å². The highest BCUT2D eigenvalue weighted by Crippen LogP contribution is 2.20. The van der Waals surface area contributed by atoms with E-state index in [9.17, 15) is 17.2 Å². The van der Waals surface area contributed by atoms with Crippen LogP contribution in [0.25, 0.3) is 0 Å². The molecule has 4 nitrogen and oxygen atoms in total. The maximum atomic E-state index is 13.4. The van der Waals surface area contributed by atoms with Crippen molar-refractivity contribution in [3.63, 3.8) is 0 Å². The van der Waals surface area contributed by atoms with Crippen LogP contribution >= 0.6 is 15.9 Å². The molecular formula is C12H15BrF2N2O2S. The van der Waals surface area contributed by atoms with Crippen molar-refractivity contribution in [3.8, 4) is 0 Å². The molecule has 112 valence electrons. The Morgan fingerprint density at radius 3 is 2.45 bits per heavy atom. The summed E-state index contributed by atoms with van der Waals surface area (Å²) < 4.78 is 55.4. The van der Waals surface area contributed by atoms with Gasteiger partial charge in [0.05, 0.1) is 4.47 Å². The van der Waals surface area contributed by atoms with Gasteiger partial charge in [0.15, 0.2) is 0 Å². The standard InChI is InChI=1S/C12H15BrF2N2O2S/c1-12(2,3)17-20(18,19)16-5-4-8-6-9(13)11(15)7-10(8)14/h5-7,17H,4H2,1-3H3/b16-5+. The first-order valence-corrected chi connectivity index (χ1v) is 7.94. The van der Waals surface area contributed by atoms with Crippen LogP contribution in [0.1, 0.15) is 26.3 Å². The molecule has 8 heteroatoms. The van der Waals surface area contributed by atoms with Gasteiger partial charge in [-0.05, 0) is 48.3 Å². The van der Waals surface area contributed by atoms with E-state index in [0.29, 0.717) is 0 Å². The van der Waals surface area contributed by atoms with Crippen LogP contribution in [0, 0.1) is 11.6 Å². The zero-order valence-corrected chi connectivity index (χ0v) is 13.6. The molecule has 1 aromatic rings. The fourth-order valence-electron chi connectivity index (χ4n) is 1.37. The maximum absolute atomic E-state index is 13.4. The van der Waals surface area contributed by atoms with Crippen molar-refractivity contribution in [2.24, 2.45) is 4.40 Å². The van der Waals surface area contributed by atoms with Crippen molar-refractivity contribution in [2.75, 3.05) is 0 Å². The minimum absolute atomic E-state index is 0.0598. The molecule has 0 saturated heterocycles. The van der Waals surface area contributed by atoms with Crippen molar-refractivity contribution >= 4 is 32.4 Å². The Hall–Kier alpha value is -0.860. The molecule has 0 radical (unpaired) electrons. The molecule has 0 unspecified atom stereocenters. The van der Waals surface area contributed by atoms with Crippen LogP contribution in [-0.2, 0) is 16.6 Å². The lowest BCUT2D eigenvalue weighted by Gasteiger charge is -2.17. The molecule has 0 spiro atoms. The lowest BCUT2D eigenvalue weighted by atomic mass is 10.1. The number of nitrogens with one attached hydrogen (secondary N) is 1. The molecule has 0 amide bonds. The van der Waals surface area contributed by atoms with E-state index in [4.69, 9.17) is 0 Å². The Kier molecular flexibility index (Phi) is 5.39. The van der Waals surface area contributed by atoms with Crippen LogP contribution in [0.5, 0.6) is 0 Å². The van der Waals surface area contributed by atoms with Crippen LogP contribution in [0.4, 0.5) is 8.78 Å². The molecule has 0 heterocycles. The Morgan fingerprint density at radius 2 is 1.90 bits per heavy atom. The van der Waals surface area contributed by atoms with E-state index in [1.54, 1.807) is 20.8 Å². The lowest BCUT2D eigenvalue weighted by Crippen LogP contribution is -2.39. The molecule has 0 saturated carbocycles. The molecule has 0 aliphatic rings. The maximum Gasteiger partial charge on any atom is 0.319 e. The molecule has 0 bridgehead atoms. The summed E-state index contributed by atoms with van der Waals surface area (Å²) in [6, 6.07) is 1.98. The highest BCUT2D eigenvalue weighted by molar-refractivity contribution is 9.10. The van der Waals surface area contributed by atoms with Gasteiger partial charge >= 0.3 is 10.2 Å². The Balaban J connectivity index is 2.82. The molecule has 1 rings (SSSR count). The summed E-state index contributed by atoms with van der Waals surface area (Å²) in [5, 5.41) is 0. The molecule has 1 N–H and O–H groups in total. The summed E-state index contributed by atoms with van der Waals surface area (Å²) in [4.78, 5) is 0. The molecule has 0 aliphatic carbocycles. The lowest BCUT2D eigenvalue weighted by molar-refractivity contribution is 0.492. The predicted octanol–water partition coefficient (Wildman–Crippen LogP) is 2.97. The normalized spacial score (nSPS) is 13.1. The number of hydrogen-bond acceptors (Lipinski definition) is 2. The number of halogens is 3. The second-order valence-electron chi connectivity index (χ2n) is 5.18. The summed E-state index contributed by atoms with van der Waals surface area (Å²) in [6.07, 6.45) is 1.01. The van der Waals surface area contributed by atoms with Crippen molar-refractivity contribution < 1.29 is 17.2 Å². The first-order chi connectivity index (χ1) is 9.00. The number of hydrogen-bond donors (Lipinski definition) is 1. The average Bonchev–Trinajstić information content (AvgIpc) is 2.21. The Morgan fingerprint density at radius 1 is 1.30 bits per heavy atom. The fraction of sp³-hybridized carbons (Fsp3) is 0.417. The quantitative estimate of drug-likeness (QED) is 0.655. The Labute approximate surface area is 125 Å². The number of benzene rings is 1. The smallest absolute Gasteiger partial charge is 0.207 e. The van der Waals surface area contributed by atoms with Gasteiger partial charge in [-0.2, -0.15) is 17.5 Å². The van der Waals surface area contributed by atoms with Gasteiger partial charge < -0.3 is 0 Å². The third-order valence-electron chi connectivity index (χ3n) is 2.05. The second kappa shape index (κ2) is 6.28. The molecule has 20 heavy (non-hydrogen) atoms. The van der Waals surface area contributed by atoms with E-state index in [0.717, 1.165) is 12.3 Å². The highest BCUT2D eigenvalue weighted by Gasteiger charge is 2.18. The molecule has 0 atom stereocenters. The number of nitrogens with zero attached hydrogens (tertiary/aromatic N) is 1. The number of rotatable bonds is 4. The van der Waals surface area contributed by atoms with Crippen molar-refractivity contribution in [1.82, 2.24) is 4.72 Å². The van der Waals surface area contributed by atoms with Crippen LogP contribution in [0.3, 0.4) is 0 Å². The Bertz CT molecular complexity index is 625. The predicted molar refractivity (Wildman–Crippen MR) is 78.1 cm³/mol. The average molecular weight is 369 g/mol.